The van der Waals surface area contributed by atoms with E-state index in [4.69, 9.17) is 22.2 Å². The zero-order valence-electron chi connectivity index (χ0n) is 21.4. The quantitative estimate of drug-likeness (QED) is 0.277. The monoisotopic (exact) mass is 510 g/mol. The van der Waals surface area contributed by atoms with E-state index >= 15 is 0 Å². The van der Waals surface area contributed by atoms with Gasteiger partial charge in [-0.15, -0.1) is 0 Å². The lowest BCUT2D eigenvalue weighted by molar-refractivity contribution is 0.385. The minimum absolute atomic E-state index is 0.0105. The van der Waals surface area contributed by atoms with Crippen LogP contribution >= 0.6 is 12.2 Å². The van der Waals surface area contributed by atoms with Gasteiger partial charge in [0.25, 0.3) is 0 Å². The number of aromatic nitrogens is 2. The van der Waals surface area contributed by atoms with Crippen LogP contribution in [-0.4, -0.2) is 41.3 Å². The summed E-state index contributed by atoms with van der Waals surface area (Å²) in [5.41, 5.74) is 3.35. The fraction of sp³-hybridized carbons (Fsp3) is 0.300. The first kappa shape index (κ1) is 25.0. The summed E-state index contributed by atoms with van der Waals surface area (Å²) >= 11 is 5.77. The first-order chi connectivity index (χ1) is 18.1. The Hall–Kier alpha value is -3.71. The third-order valence-electron chi connectivity index (χ3n) is 6.94. The molecule has 5 rings (SSSR count). The predicted octanol–water partition coefficient (Wildman–Crippen LogP) is 5.67. The van der Waals surface area contributed by atoms with E-state index in [0.717, 1.165) is 42.4 Å². The molecule has 0 spiro atoms. The van der Waals surface area contributed by atoms with E-state index in [1.54, 1.807) is 0 Å². The lowest BCUT2D eigenvalue weighted by Gasteiger charge is -2.31. The fourth-order valence-corrected chi connectivity index (χ4v) is 5.32. The Labute approximate surface area is 224 Å². The molecule has 3 aromatic carbocycles. The highest BCUT2D eigenvalue weighted by molar-refractivity contribution is 7.80. The summed E-state index contributed by atoms with van der Waals surface area (Å²) in [6.07, 6.45) is 4.15. The Bertz CT molecular complexity index is 1280. The Balaban J connectivity index is 1.18. The lowest BCUT2D eigenvalue weighted by atomic mass is 9.91. The molecule has 1 heterocycles. The van der Waals surface area contributed by atoms with Crippen molar-refractivity contribution < 1.29 is 0 Å². The van der Waals surface area contributed by atoms with E-state index in [0.29, 0.717) is 23.1 Å². The van der Waals surface area contributed by atoms with E-state index in [2.05, 4.69) is 70.5 Å². The molecule has 7 heteroatoms. The molecule has 0 amide bonds. The van der Waals surface area contributed by atoms with Gasteiger partial charge in [0.1, 0.15) is 5.82 Å². The van der Waals surface area contributed by atoms with Crippen molar-refractivity contribution in [1.82, 2.24) is 20.6 Å². The Morgan fingerprint density at radius 1 is 0.784 bits per heavy atom. The molecule has 0 saturated heterocycles. The number of anilines is 2. The topological polar surface area (TPSA) is 65.1 Å². The molecule has 4 aromatic rings. The largest absolute Gasteiger partial charge is 0.362 e. The van der Waals surface area contributed by atoms with Gasteiger partial charge in [-0.05, 0) is 61.2 Å². The van der Waals surface area contributed by atoms with Crippen LogP contribution in [0.15, 0.2) is 84.9 Å². The van der Waals surface area contributed by atoms with Crippen LogP contribution in [0, 0.1) is 0 Å². The maximum atomic E-state index is 5.77. The number of nitrogens with one attached hydrogen (secondary N) is 3. The van der Waals surface area contributed by atoms with Crippen molar-refractivity contribution in [2.75, 3.05) is 24.3 Å². The Morgan fingerprint density at radius 2 is 1.35 bits per heavy atom. The Morgan fingerprint density at radius 3 is 1.97 bits per heavy atom. The average Bonchev–Trinajstić information content (AvgIpc) is 2.93. The van der Waals surface area contributed by atoms with Gasteiger partial charge in [0.05, 0.1) is 11.6 Å². The maximum Gasteiger partial charge on any atom is 0.225 e. The lowest BCUT2D eigenvalue weighted by Crippen LogP contribution is -2.46. The molecule has 0 atom stereocenters. The molecule has 37 heavy (non-hydrogen) atoms. The second kappa shape index (κ2) is 11.6. The van der Waals surface area contributed by atoms with Gasteiger partial charge in [-0.25, -0.2) is 4.98 Å². The molecule has 1 saturated carbocycles. The van der Waals surface area contributed by atoms with Gasteiger partial charge in [0.15, 0.2) is 5.11 Å². The molecule has 0 radical (unpaired) electrons. The van der Waals surface area contributed by atoms with Gasteiger partial charge >= 0.3 is 0 Å². The summed E-state index contributed by atoms with van der Waals surface area (Å²) in [6, 6.07) is 29.8. The SMILES string of the molecule is CN(C)c1nc(N[C@H]2CC[C@@H](NC(=S)NC(c3ccccc3)c3ccccc3)CC2)nc2ccccc12. The molecule has 6 nitrogen and oxygen atoms in total. The van der Waals surface area contributed by atoms with Crippen molar-refractivity contribution in [2.45, 2.75) is 43.8 Å². The van der Waals surface area contributed by atoms with Crippen LogP contribution in [0.25, 0.3) is 10.9 Å². The molecule has 3 N–H and O–H groups in total. The van der Waals surface area contributed by atoms with Crippen LogP contribution in [0.2, 0.25) is 0 Å². The van der Waals surface area contributed by atoms with E-state index in [1.165, 1.54) is 11.1 Å². The summed E-state index contributed by atoms with van der Waals surface area (Å²) < 4.78 is 0. The molecule has 0 bridgehead atoms. The highest BCUT2D eigenvalue weighted by atomic mass is 32.1. The molecule has 1 aliphatic carbocycles. The number of rotatable bonds is 7. The highest BCUT2D eigenvalue weighted by Gasteiger charge is 2.24. The van der Waals surface area contributed by atoms with Crippen molar-refractivity contribution in [3.63, 3.8) is 0 Å². The smallest absolute Gasteiger partial charge is 0.225 e. The molecule has 1 aromatic heterocycles. The molecule has 1 fully saturated rings. The number of thiocarbonyl (C=S) groups is 1. The molecule has 1 aliphatic rings. The van der Waals surface area contributed by atoms with Crippen molar-refractivity contribution in [3.8, 4) is 0 Å². The normalized spacial score (nSPS) is 17.4. The minimum atomic E-state index is 0.0105. The van der Waals surface area contributed by atoms with Gasteiger partial charge in [0.2, 0.25) is 5.95 Å². The molecular formula is C30H34N6S. The zero-order chi connectivity index (χ0) is 25.6. The van der Waals surface area contributed by atoms with Crippen molar-refractivity contribution in [3.05, 3.63) is 96.1 Å². The summed E-state index contributed by atoms with van der Waals surface area (Å²) in [7, 11) is 4.04. The molecule has 190 valence electrons. The van der Waals surface area contributed by atoms with E-state index in [9.17, 15) is 0 Å². The summed E-state index contributed by atoms with van der Waals surface area (Å²) in [6.45, 7) is 0. The summed E-state index contributed by atoms with van der Waals surface area (Å²) in [5, 5.41) is 12.5. The second-order valence-corrected chi connectivity index (χ2v) is 10.3. The van der Waals surface area contributed by atoms with Gasteiger partial charge < -0.3 is 20.9 Å². The fourth-order valence-electron chi connectivity index (χ4n) is 5.04. The van der Waals surface area contributed by atoms with Gasteiger partial charge in [0, 0.05) is 31.6 Å². The first-order valence-electron chi connectivity index (χ1n) is 12.9. The van der Waals surface area contributed by atoms with E-state index < -0.39 is 0 Å². The number of para-hydroxylation sites is 1. The van der Waals surface area contributed by atoms with Crippen molar-refractivity contribution in [1.29, 1.82) is 0 Å². The standard InChI is InChI=1S/C30H34N6S/c1-36(2)28-25-15-9-10-16-26(25)33-29(35-28)31-23-17-19-24(20-18-23)32-30(37)34-27(21-11-5-3-6-12-21)22-13-7-4-8-14-22/h3-16,23-24,27H,17-20H2,1-2H3,(H,31,33,35)(H2,32,34,37)/t23-,24+. The Kier molecular flexibility index (Phi) is 7.80. The van der Waals surface area contributed by atoms with E-state index in [-0.39, 0.29) is 6.04 Å². The molecular weight excluding hydrogens is 476 g/mol. The van der Waals surface area contributed by atoms with Crippen LogP contribution in [0.1, 0.15) is 42.9 Å². The second-order valence-electron chi connectivity index (χ2n) is 9.85. The van der Waals surface area contributed by atoms with Crippen molar-refractivity contribution >= 4 is 40.0 Å². The van der Waals surface area contributed by atoms with E-state index in [1.807, 2.05) is 49.3 Å². The molecule has 0 unspecified atom stereocenters. The number of hydrogen-bond donors (Lipinski definition) is 3. The first-order valence-corrected chi connectivity index (χ1v) is 13.3. The predicted molar refractivity (Wildman–Crippen MR) is 157 cm³/mol. The van der Waals surface area contributed by atoms with Crippen LogP contribution in [0.4, 0.5) is 11.8 Å². The third kappa shape index (κ3) is 6.17. The van der Waals surface area contributed by atoms with Crippen molar-refractivity contribution in [2.24, 2.45) is 0 Å². The van der Waals surface area contributed by atoms with Gasteiger partial charge in [-0.3, -0.25) is 0 Å². The van der Waals surface area contributed by atoms with Crippen LogP contribution in [0.5, 0.6) is 0 Å². The highest BCUT2D eigenvalue weighted by Crippen LogP contribution is 2.27. The van der Waals surface area contributed by atoms with Crippen LogP contribution in [-0.2, 0) is 0 Å². The van der Waals surface area contributed by atoms with Gasteiger partial charge in [-0.1, -0.05) is 72.8 Å². The zero-order valence-corrected chi connectivity index (χ0v) is 22.2. The number of nitrogens with zero attached hydrogens (tertiary/aromatic N) is 3. The summed E-state index contributed by atoms with van der Waals surface area (Å²) in [4.78, 5) is 11.6. The number of hydrogen-bond acceptors (Lipinski definition) is 5. The average molecular weight is 511 g/mol. The molecule has 0 aliphatic heterocycles. The number of benzene rings is 3. The van der Waals surface area contributed by atoms with Crippen LogP contribution in [0.3, 0.4) is 0 Å². The van der Waals surface area contributed by atoms with Gasteiger partial charge in [-0.2, -0.15) is 4.98 Å². The summed E-state index contributed by atoms with van der Waals surface area (Å²) in [5.74, 6) is 1.64. The minimum Gasteiger partial charge on any atom is -0.362 e. The third-order valence-corrected chi connectivity index (χ3v) is 7.18. The number of fused-ring (bicyclic) bond motifs is 1. The maximum absolute atomic E-state index is 5.77. The van der Waals surface area contributed by atoms with Crippen LogP contribution < -0.4 is 20.9 Å².